The molecule has 1 atom stereocenters. The van der Waals surface area contributed by atoms with Crippen LogP contribution in [0.2, 0.25) is 0 Å². The molecule has 1 unspecified atom stereocenters. The van der Waals surface area contributed by atoms with Gasteiger partial charge < -0.3 is 25.0 Å². The quantitative estimate of drug-likeness (QED) is 0.436. The van der Waals surface area contributed by atoms with Crippen LogP contribution in [0.3, 0.4) is 0 Å². The van der Waals surface area contributed by atoms with E-state index in [9.17, 15) is 19.5 Å². The molecule has 0 radical (unpaired) electrons. The summed E-state index contributed by atoms with van der Waals surface area (Å²) < 4.78 is 5.61. The molecule has 0 fully saturated rings. The molecule has 35 heavy (non-hydrogen) atoms. The number of aliphatic carboxylic acids is 1. The molecule has 0 saturated heterocycles. The molecule has 8 heteroatoms. The molecule has 1 aromatic heterocycles. The van der Waals surface area contributed by atoms with Gasteiger partial charge in [0, 0.05) is 30.3 Å². The van der Waals surface area contributed by atoms with E-state index in [0.717, 1.165) is 27.9 Å². The highest BCUT2D eigenvalue weighted by Crippen LogP contribution is 2.44. The number of ether oxygens (including phenoxy) is 1. The SMILES string of the molecule is CC(C)N(CC(=O)O)C(=O)C(Cc1ccc[nH]1)NC(=O)OCC1c2ccccc2-c2ccccc21. The fourth-order valence-corrected chi connectivity index (χ4v) is 4.56. The highest BCUT2D eigenvalue weighted by molar-refractivity contribution is 5.88. The number of amides is 2. The molecule has 1 aliphatic carbocycles. The van der Waals surface area contributed by atoms with Gasteiger partial charge in [-0.2, -0.15) is 0 Å². The van der Waals surface area contributed by atoms with Crippen LogP contribution in [-0.2, 0) is 20.7 Å². The largest absolute Gasteiger partial charge is 0.480 e. The molecule has 3 N–H and O–H groups in total. The minimum Gasteiger partial charge on any atom is -0.480 e. The zero-order valence-corrected chi connectivity index (χ0v) is 19.7. The molecular weight excluding hydrogens is 446 g/mol. The second kappa shape index (κ2) is 10.5. The van der Waals surface area contributed by atoms with Gasteiger partial charge >= 0.3 is 12.1 Å². The number of H-pyrrole nitrogens is 1. The zero-order chi connectivity index (χ0) is 24.9. The van der Waals surface area contributed by atoms with Crippen molar-refractivity contribution in [2.24, 2.45) is 0 Å². The van der Waals surface area contributed by atoms with Crippen LogP contribution in [0.5, 0.6) is 0 Å². The maximum Gasteiger partial charge on any atom is 0.407 e. The number of rotatable bonds is 9. The summed E-state index contributed by atoms with van der Waals surface area (Å²) in [5.41, 5.74) is 5.17. The fraction of sp³-hybridized carbons (Fsp3) is 0.296. The predicted molar refractivity (Wildman–Crippen MR) is 131 cm³/mol. The Hall–Kier alpha value is -4.07. The molecule has 1 aliphatic rings. The summed E-state index contributed by atoms with van der Waals surface area (Å²) in [5.74, 6) is -1.71. The maximum atomic E-state index is 13.2. The lowest BCUT2D eigenvalue weighted by Gasteiger charge is -2.29. The minimum atomic E-state index is -1.12. The number of aromatic amines is 1. The molecule has 2 amide bonds. The number of nitrogens with one attached hydrogen (secondary N) is 2. The molecule has 0 bridgehead atoms. The molecule has 0 aliphatic heterocycles. The predicted octanol–water partition coefficient (Wildman–Crippen LogP) is 3.79. The topological polar surface area (TPSA) is 112 Å². The van der Waals surface area contributed by atoms with Crippen molar-refractivity contribution in [1.82, 2.24) is 15.2 Å². The standard InChI is InChI=1S/C27H29N3O5/c1-17(2)30(15-25(31)32)26(33)24(14-18-8-7-13-28-18)29-27(34)35-16-23-21-11-5-3-9-19(21)20-10-4-6-12-22(20)23/h3-13,17,23-24,28H,14-16H2,1-2H3,(H,29,34)(H,31,32). The van der Waals surface area contributed by atoms with Gasteiger partial charge in [0.05, 0.1) is 0 Å². The Morgan fingerprint density at radius 1 is 1.00 bits per heavy atom. The van der Waals surface area contributed by atoms with Gasteiger partial charge in [-0.05, 0) is 48.2 Å². The van der Waals surface area contributed by atoms with E-state index in [2.05, 4.69) is 22.4 Å². The number of carbonyl (C=O) groups excluding carboxylic acids is 2. The third-order valence-electron chi connectivity index (χ3n) is 6.23. The Morgan fingerprint density at radius 3 is 2.17 bits per heavy atom. The van der Waals surface area contributed by atoms with E-state index in [0.29, 0.717) is 0 Å². The van der Waals surface area contributed by atoms with Gasteiger partial charge in [-0.3, -0.25) is 9.59 Å². The summed E-state index contributed by atoms with van der Waals surface area (Å²) in [6.45, 7) is 3.14. The first-order valence-corrected chi connectivity index (χ1v) is 11.6. The highest BCUT2D eigenvalue weighted by atomic mass is 16.5. The summed E-state index contributed by atoms with van der Waals surface area (Å²) in [4.78, 5) is 41.7. The van der Waals surface area contributed by atoms with Crippen molar-refractivity contribution in [2.45, 2.75) is 38.3 Å². The van der Waals surface area contributed by atoms with Gasteiger partial charge in [0.2, 0.25) is 5.91 Å². The number of aromatic nitrogens is 1. The molecule has 4 rings (SSSR count). The number of hydrogen-bond acceptors (Lipinski definition) is 4. The second-order valence-electron chi connectivity index (χ2n) is 8.88. The van der Waals surface area contributed by atoms with E-state index in [1.165, 1.54) is 4.90 Å². The van der Waals surface area contributed by atoms with Crippen LogP contribution in [-0.4, -0.2) is 58.2 Å². The lowest BCUT2D eigenvalue weighted by molar-refractivity contribution is -0.146. The van der Waals surface area contributed by atoms with Crippen LogP contribution >= 0.6 is 0 Å². The van der Waals surface area contributed by atoms with Crippen LogP contribution in [0.4, 0.5) is 4.79 Å². The number of benzene rings is 2. The van der Waals surface area contributed by atoms with E-state index in [1.54, 1.807) is 32.2 Å². The molecule has 182 valence electrons. The van der Waals surface area contributed by atoms with E-state index < -0.39 is 30.6 Å². The van der Waals surface area contributed by atoms with Gasteiger partial charge in [-0.15, -0.1) is 0 Å². The van der Waals surface area contributed by atoms with E-state index in [1.807, 2.05) is 36.4 Å². The lowest BCUT2D eigenvalue weighted by atomic mass is 9.98. The van der Waals surface area contributed by atoms with Gasteiger partial charge in [0.25, 0.3) is 0 Å². The van der Waals surface area contributed by atoms with Crippen LogP contribution in [0.25, 0.3) is 11.1 Å². The number of carbonyl (C=O) groups is 3. The van der Waals surface area contributed by atoms with Gasteiger partial charge in [0.15, 0.2) is 0 Å². The minimum absolute atomic E-state index is 0.107. The first-order chi connectivity index (χ1) is 16.8. The lowest BCUT2D eigenvalue weighted by Crippen LogP contribution is -2.53. The number of carboxylic acid groups (broad SMARTS) is 1. The Balaban J connectivity index is 1.48. The molecule has 0 spiro atoms. The van der Waals surface area contributed by atoms with Crippen molar-refractivity contribution >= 4 is 18.0 Å². The number of alkyl carbamates (subject to hydrolysis) is 1. The van der Waals surface area contributed by atoms with E-state index >= 15 is 0 Å². The average Bonchev–Trinajstić information content (AvgIpc) is 3.46. The van der Waals surface area contributed by atoms with Crippen LogP contribution < -0.4 is 5.32 Å². The number of nitrogens with zero attached hydrogens (tertiary/aromatic N) is 1. The van der Waals surface area contributed by atoms with Crippen LogP contribution in [0, 0.1) is 0 Å². The zero-order valence-electron chi connectivity index (χ0n) is 19.7. The summed E-state index contributed by atoms with van der Waals surface area (Å²) in [6.07, 6.45) is 1.18. The van der Waals surface area contributed by atoms with E-state index in [4.69, 9.17) is 4.74 Å². The average molecular weight is 476 g/mol. The summed E-state index contributed by atoms with van der Waals surface area (Å²) in [7, 11) is 0. The highest BCUT2D eigenvalue weighted by Gasteiger charge is 2.32. The molecule has 2 aromatic carbocycles. The fourth-order valence-electron chi connectivity index (χ4n) is 4.56. The first-order valence-electron chi connectivity index (χ1n) is 11.6. The third-order valence-corrected chi connectivity index (χ3v) is 6.23. The van der Waals surface area contributed by atoms with E-state index in [-0.39, 0.29) is 25.0 Å². The second-order valence-corrected chi connectivity index (χ2v) is 8.88. The Bertz CT molecular complexity index is 1160. The van der Waals surface area contributed by atoms with Crippen LogP contribution in [0.15, 0.2) is 66.9 Å². The first kappa shape index (κ1) is 24.1. The molecule has 0 saturated carbocycles. The summed E-state index contributed by atoms with van der Waals surface area (Å²) in [5, 5.41) is 11.9. The van der Waals surface area contributed by atoms with Crippen molar-refractivity contribution in [2.75, 3.05) is 13.2 Å². The van der Waals surface area contributed by atoms with Gasteiger partial charge in [-0.1, -0.05) is 48.5 Å². The van der Waals surface area contributed by atoms with Crippen molar-refractivity contribution < 1.29 is 24.2 Å². The summed E-state index contributed by atoms with van der Waals surface area (Å²) in [6, 6.07) is 18.3. The van der Waals surface area contributed by atoms with Gasteiger partial charge in [0.1, 0.15) is 19.2 Å². The van der Waals surface area contributed by atoms with Gasteiger partial charge in [-0.25, -0.2) is 4.79 Å². The van der Waals surface area contributed by atoms with Crippen molar-refractivity contribution in [1.29, 1.82) is 0 Å². The Morgan fingerprint density at radius 2 is 1.63 bits per heavy atom. The number of hydrogen-bond donors (Lipinski definition) is 3. The molecule has 8 nitrogen and oxygen atoms in total. The van der Waals surface area contributed by atoms with Crippen molar-refractivity contribution in [3.8, 4) is 11.1 Å². The third kappa shape index (κ3) is 5.37. The molecule has 3 aromatic rings. The van der Waals surface area contributed by atoms with Crippen molar-refractivity contribution in [3.63, 3.8) is 0 Å². The maximum absolute atomic E-state index is 13.2. The monoisotopic (exact) mass is 475 g/mol. The summed E-state index contributed by atoms with van der Waals surface area (Å²) >= 11 is 0. The smallest absolute Gasteiger partial charge is 0.407 e. The van der Waals surface area contributed by atoms with Crippen molar-refractivity contribution in [3.05, 3.63) is 83.7 Å². The Labute approximate surface area is 203 Å². The number of carboxylic acids is 1. The normalized spacial score (nSPS) is 13.1. The molecular formula is C27H29N3O5. The number of fused-ring (bicyclic) bond motifs is 3. The molecule has 1 heterocycles. The Kier molecular flexibility index (Phi) is 7.19. The van der Waals surface area contributed by atoms with Crippen LogP contribution in [0.1, 0.15) is 36.6 Å².